The van der Waals surface area contributed by atoms with Crippen molar-refractivity contribution in [3.05, 3.63) is 36.0 Å². The number of benzene rings is 1. The highest BCUT2D eigenvalue weighted by molar-refractivity contribution is 5.92. The third-order valence-electron chi connectivity index (χ3n) is 4.19. The first kappa shape index (κ1) is 13.8. The number of piperazine rings is 1. The molecule has 2 aromatic rings. The summed E-state index contributed by atoms with van der Waals surface area (Å²) in [6, 6.07) is 12.8. The fourth-order valence-corrected chi connectivity index (χ4v) is 2.96. The number of rotatable bonds is 2. The monoisotopic (exact) mass is 280 g/mol. The van der Waals surface area contributed by atoms with Crippen LogP contribution in [0.1, 0.15) is 19.5 Å². The maximum atomic E-state index is 9.20. The SMILES string of the molecule is CC(C)N1CCN(c2cc(C#N)nc3ccccc23)CC1. The van der Waals surface area contributed by atoms with Crippen molar-refractivity contribution >= 4 is 16.6 Å². The smallest absolute Gasteiger partial charge is 0.143 e. The fraction of sp³-hybridized carbons (Fsp3) is 0.412. The van der Waals surface area contributed by atoms with Crippen LogP contribution in [-0.2, 0) is 0 Å². The van der Waals surface area contributed by atoms with Crippen molar-refractivity contribution in [1.29, 1.82) is 5.26 Å². The second-order valence-corrected chi connectivity index (χ2v) is 5.77. The van der Waals surface area contributed by atoms with E-state index in [2.05, 4.69) is 40.8 Å². The first-order chi connectivity index (χ1) is 10.2. The predicted octanol–water partition coefficient (Wildman–Crippen LogP) is 2.64. The molecular formula is C17H20N4. The van der Waals surface area contributed by atoms with Gasteiger partial charge >= 0.3 is 0 Å². The van der Waals surface area contributed by atoms with Gasteiger partial charge in [0.2, 0.25) is 0 Å². The van der Waals surface area contributed by atoms with Crippen molar-refractivity contribution < 1.29 is 0 Å². The molecule has 1 aromatic heterocycles. The van der Waals surface area contributed by atoms with E-state index in [-0.39, 0.29) is 0 Å². The van der Waals surface area contributed by atoms with Crippen molar-refractivity contribution in [3.8, 4) is 6.07 Å². The Hall–Kier alpha value is -2.12. The molecule has 0 unspecified atom stereocenters. The summed E-state index contributed by atoms with van der Waals surface area (Å²) in [6.07, 6.45) is 0. The van der Waals surface area contributed by atoms with Crippen LogP contribution in [0, 0.1) is 11.3 Å². The Bertz CT molecular complexity index is 679. The zero-order valence-corrected chi connectivity index (χ0v) is 12.6. The summed E-state index contributed by atoms with van der Waals surface area (Å²) in [6.45, 7) is 8.61. The topological polar surface area (TPSA) is 43.2 Å². The summed E-state index contributed by atoms with van der Waals surface area (Å²) in [5, 5.41) is 10.3. The van der Waals surface area contributed by atoms with E-state index in [0.717, 1.165) is 42.8 Å². The number of para-hydroxylation sites is 1. The van der Waals surface area contributed by atoms with Crippen LogP contribution in [0.5, 0.6) is 0 Å². The van der Waals surface area contributed by atoms with E-state index in [1.165, 1.54) is 0 Å². The number of hydrogen-bond donors (Lipinski definition) is 0. The minimum Gasteiger partial charge on any atom is -0.368 e. The maximum absolute atomic E-state index is 9.20. The number of hydrogen-bond acceptors (Lipinski definition) is 4. The number of anilines is 1. The highest BCUT2D eigenvalue weighted by Gasteiger charge is 2.20. The van der Waals surface area contributed by atoms with Gasteiger partial charge < -0.3 is 4.90 Å². The van der Waals surface area contributed by atoms with E-state index < -0.39 is 0 Å². The Kier molecular flexibility index (Phi) is 3.76. The number of pyridine rings is 1. The van der Waals surface area contributed by atoms with Gasteiger partial charge in [0, 0.05) is 43.3 Å². The number of aromatic nitrogens is 1. The number of nitrogens with zero attached hydrogens (tertiary/aromatic N) is 4. The Morgan fingerprint density at radius 2 is 1.86 bits per heavy atom. The molecule has 0 radical (unpaired) electrons. The molecular weight excluding hydrogens is 260 g/mol. The molecule has 0 saturated carbocycles. The molecule has 0 N–H and O–H groups in total. The Morgan fingerprint density at radius 3 is 2.52 bits per heavy atom. The van der Waals surface area contributed by atoms with Crippen molar-refractivity contribution in [2.45, 2.75) is 19.9 Å². The molecule has 1 aliphatic rings. The molecule has 2 heterocycles. The van der Waals surface area contributed by atoms with Gasteiger partial charge in [0.1, 0.15) is 11.8 Å². The molecule has 4 nitrogen and oxygen atoms in total. The van der Waals surface area contributed by atoms with Gasteiger partial charge in [0.05, 0.1) is 5.52 Å². The molecule has 1 aliphatic heterocycles. The number of nitriles is 1. The number of fused-ring (bicyclic) bond motifs is 1. The van der Waals surface area contributed by atoms with Gasteiger partial charge in [-0.25, -0.2) is 4.98 Å². The Labute approximate surface area is 125 Å². The van der Waals surface area contributed by atoms with Gasteiger partial charge in [0.25, 0.3) is 0 Å². The Balaban J connectivity index is 1.95. The quantitative estimate of drug-likeness (QED) is 0.848. The average molecular weight is 280 g/mol. The van der Waals surface area contributed by atoms with Crippen LogP contribution in [0.15, 0.2) is 30.3 Å². The molecule has 3 rings (SSSR count). The van der Waals surface area contributed by atoms with Crippen LogP contribution in [0.4, 0.5) is 5.69 Å². The molecule has 4 heteroatoms. The van der Waals surface area contributed by atoms with Crippen molar-refractivity contribution in [2.75, 3.05) is 31.1 Å². The van der Waals surface area contributed by atoms with Gasteiger partial charge in [-0.15, -0.1) is 0 Å². The van der Waals surface area contributed by atoms with Crippen molar-refractivity contribution in [3.63, 3.8) is 0 Å². The van der Waals surface area contributed by atoms with E-state index in [1.54, 1.807) is 0 Å². The largest absolute Gasteiger partial charge is 0.368 e. The fourth-order valence-electron chi connectivity index (χ4n) is 2.96. The summed E-state index contributed by atoms with van der Waals surface area (Å²) in [7, 11) is 0. The molecule has 108 valence electrons. The molecule has 0 bridgehead atoms. The van der Waals surface area contributed by atoms with Gasteiger partial charge in [-0.3, -0.25) is 4.90 Å². The highest BCUT2D eigenvalue weighted by Crippen LogP contribution is 2.27. The Morgan fingerprint density at radius 1 is 1.14 bits per heavy atom. The molecule has 0 aliphatic carbocycles. The first-order valence-corrected chi connectivity index (χ1v) is 7.48. The first-order valence-electron chi connectivity index (χ1n) is 7.48. The molecule has 0 spiro atoms. The standard InChI is InChI=1S/C17H20N4/c1-13(2)20-7-9-21(10-8-20)17-11-14(12-18)19-16-6-4-3-5-15(16)17/h3-6,11,13H,7-10H2,1-2H3. The average Bonchev–Trinajstić information content (AvgIpc) is 2.53. The molecule has 1 aromatic carbocycles. The summed E-state index contributed by atoms with van der Waals surface area (Å²) in [4.78, 5) is 9.26. The van der Waals surface area contributed by atoms with Crippen LogP contribution in [0.2, 0.25) is 0 Å². The minimum atomic E-state index is 0.495. The molecule has 0 atom stereocenters. The third-order valence-corrected chi connectivity index (χ3v) is 4.19. The lowest BCUT2D eigenvalue weighted by molar-refractivity contribution is 0.209. The van der Waals surface area contributed by atoms with Crippen molar-refractivity contribution in [1.82, 2.24) is 9.88 Å². The van der Waals surface area contributed by atoms with E-state index in [4.69, 9.17) is 0 Å². The highest BCUT2D eigenvalue weighted by atomic mass is 15.3. The second-order valence-electron chi connectivity index (χ2n) is 5.77. The summed E-state index contributed by atoms with van der Waals surface area (Å²) in [5.41, 5.74) is 2.54. The van der Waals surface area contributed by atoms with Crippen LogP contribution < -0.4 is 4.90 Å². The lowest BCUT2D eigenvalue weighted by Crippen LogP contribution is -2.49. The summed E-state index contributed by atoms with van der Waals surface area (Å²) >= 11 is 0. The maximum Gasteiger partial charge on any atom is 0.143 e. The predicted molar refractivity (Wildman–Crippen MR) is 85.4 cm³/mol. The van der Waals surface area contributed by atoms with E-state index in [0.29, 0.717) is 11.7 Å². The van der Waals surface area contributed by atoms with Gasteiger partial charge in [-0.2, -0.15) is 5.26 Å². The zero-order valence-electron chi connectivity index (χ0n) is 12.6. The van der Waals surface area contributed by atoms with Gasteiger partial charge in [-0.05, 0) is 26.0 Å². The normalized spacial score (nSPS) is 16.4. The van der Waals surface area contributed by atoms with E-state index in [1.807, 2.05) is 24.3 Å². The molecule has 1 fully saturated rings. The van der Waals surface area contributed by atoms with E-state index >= 15 is 0 Å². The zero-order chi connectivity index (χ0) is 14.8. The molecule has 1 saturated heterocycles. The van der Waals surface area contributed by atoms with E-state index in [9.17, 15) is 5.26 Å². The van der Waals surface area contributed by atoms with Gasteiger partial charge in [-0.1, -0.05) is 18.2 Å². The second kappa shape index (κ2) is 5.71. The lowest BCUT2D eigenvalue weighted by atomic mass is 10.1. The van der Waals surface area contributed by atoms with Crippen LogP contribution in [-0.4, -0.2) is 42.1 Å². The minimum absolute atomic E-state index is 0.495. The third kappa shape index (κ3) is 2.70. The van der Waals surface area contributed by atoms with Crippen LogP contribution in [0.25, 0.3) is 10.9 Å². The molecule has 21 heavy (non-hydrogen) atoms. The molecule has 0 amide bonds. The van der Waals surface area contributed by atoms with Crippen molar-refractivity contribution in [2.24, 2.45) is 0 Å². The summed E-state index contributed by atoms with van der Waals surface area (Å²) < 4.78 is 0. The van der Waals surface area contributed by atoms with Gasteiger partial charge in [0.15, 0.2) is 0 Å². The van der Waals surface area contributed by atoms with Crippen LogP contribution >= 0.6 is 0 Å². The summed E-state index contributed by atoms with van der Waals surface area (Å²) in [5.74, 6) is 0. The van der Waals surface area contributed by atoms with Crippen LogP contribution in [0.3, 0.4) is 0 Å². The lowest BCUT2D eigenvalue weighted by Gasteiger charge is -2.38.